The molecule has 8 nitrogen and oxygen atoms in total. The third-order valence-corrected chi connectivity index (χ3v) is 3.10. The fraction of sp³-hybridized carbons (Fsp3) is 0.400. The molecule has 0 aliphatic carbocycles. The van der Waals surface area contributed by atoms with Crippen molar-refractivity contribution in [3.63, 3.8) is 0 Å². The molecule has 0 saturated carbocycles. The zero-order valence-corrected chi connectivity index (χ0v) is 13.0. The number of allylic oxidation sites excluding steroid dienone is 1. The Balaban J connectivity index is 2.87. The molecule has 0 heterocycles. The summed E-state index contributed by atoms with van der Waals surface area (Å²) in [6, 6.07) is 2.86. The van der Waals surface area contributed by atoms with Crippen LogP contribution in [0.5, 0.6) is 5.75 Å². The van der Waals surface area contributed by atoms with Crippen LogP contribution in [0.15, 0.2) is 29.8 Å². The standard InChI is InChI=1S/C15H18N2O6/c1-3-4-5-6-11(2)9-15(18)23-14-8-7-12(16(19)20)10-13(14)17(21)22/h7-10H,3-6H2,1-2H3/b11-9+. The molecule has 0 saturated heterocycles. The van der Waals surface area contributed by atoms with Crippen LogP contribution in [0.4, 0.5) is 11.4 Å². The number of ether oxygens (including phenoxy) is 1. The van der Waals surface area contributed by atoms with Gasteiger partial charge in [-0.15, -0.1) is 0 Å². The predicted molar refractivity (Wildman–Crippen MR) is 83.3 cm³/mol. The van der Waals surface area contributed by atoms with Gasteiger partial charge in [0.1, 0.15) is 0 Å². The maximum absolute atomic E-state index is 11.8. The van der Waals surface area contributed by atoms with E-state index in [0.29, 0.717) is 0 Å². The number of nitro benzene ring substituents is 2. The summed E-state index contributed by atoms with van der Waals surface area (Å²) in [5.74, 6) is -1.06. The summed E-state index contributed by atoms with van der Waals surface area (Å²) in [6.07, 6.45) is 5.08. The minimum atomic E-state index is -0.826. The van der Waals surface area contributed by atoms with Crippen molar-refractivity contribution in [3.8, 4) is 5.75 Å². The lowest BCUT2D eigenvalue weighted by Gasteiger charge is -2.04. The summed E-state index contributed by atoms with van der Waals surface area (Å²) in [6.45, 7) is 3.85. The molecule has 0 amide bonds. The third kappa shape index (κ3) is 5.85. The number of rotatable bonds is 8. The molecule has 0 fully saturated rings. The highest BCUT2D eigenvalue weighted by molar-refractivity contribution is 5.85. The van der Waals surface area contributed by atoms with Gasteiger partial charge in [0.2, 0.25) is 5.75 Å². The third-order valence-electron chi connectivity index (χ3n) is 3.10. The van der Waals surface area contributed by atoms with E-state index < -0.39 is 27.2 Å². The van der Waals surface area contributed by atoms with Gasteiger partial charge in [-0.1, -0.05) is 25.3 Å². The van der Waals surface area contributed by atoms with E-state index in [1.807, 2.05) is 0 Å². The highest BCUT2D eigenvalue weighted by Crippen LogP contribution is 2.31. The van der Waals surface area contributed by atoms with Crippen LogP contribution in [0.1, 0.15) is 39.5 Å². The number of carbonyl (C=O) groups excluding carboxylic acids is 1. The van der Waals surface area contributed by atoms with Gasteiger partial charge in [-0.2, -0.15) is 0 Å². The molecule has 124 valence electrons. The molecule has 1 aromatic carbocycles. The second-order valence-electron chi connectivity index (χ2n) is 5.04. The van der Waals surface area contributed by atoms with Crippen LogP contribution in [0.3, 0.4) is 0 Å². The summed E-state index contributed by atoms with van der Waals surface area (Å²) >= 11 is 0. The van der Waals surface area contributed by atoms with Crippen molar-refractivity contribution in [3.05, 3.63) is 50.1 Å². The normalized spacial score (nSPS) is 11.1. The first-order valence-electron chi connectivity index (χ1n) is 7.17. The number of non-ortho nitro benzene ring substituents is 1. The number of benzene rings is 1. The van der Waals surface area contributed by atoms with Crippen molar-refractivity contribution >= 4 is 17.3 Å². The molecule has 0 unspecified atom stereocenters. The average molecular weight is 322 g/mol. The Hall–Kier alpha value is -2.77. The molecule has 0 atom stereocenters. The molecule has 0 aliphatic rings. The van der Waals surface area contributed by atoms with E-state index in [4.69, 9.17) is 4.74 Å². The van der Waals surface area contributed by atoms with Gasteiger partial charge in [0.05, 0.1) is 15.9 Å². The summed E-state index contributed by atoms with van der Waals surface area (Å²) in [5.41, 5.74) is -0.250. The van der Waals surface area contributed by atoms with E-state index in [1.165, 1.54) is 6.08 Å². The Morgan fingerprint density at radius 1 is 1.22 bits per heavy atom. The molecule has 0 aromatic heterocycles. The van der Waals surface area contributed by atoms with Crippen LogP contribution in [0.25, 0.3) is 0 Å². The maximum atomic E-state index is 11.8. The van der Waals surface area contributed by atoms with Gasteiger partial charge in [0.25, 0.3) is 5.69 Å². The molecular formula is C15H18N2O6. The summed E-state index contributed by atoms with van der Waals surface area (Å²) in [4.78, 5) is 31.8. The molecular weight excluding hydrogens is 304 g/mol. The maximum Gasteiger partial charge on any atom is 0.336 e. The minimum absolute atomic E-state index is 0.316. The number of carbonyl (C=O) groups is 1. The Labute approximate surface area is 133 Å². The average Bonchev–Trinajstić information content (AvgIpc) is 2.47. The Morgan fingerprint density at radius 2 is 1.91 bits per heavy atom. The van der Waals surface area contributed by atoms with Crippen LogP contribution in [0.2, 0.25) is 0 Å². The molecule has 0 aliphatic heterocycles. The highest BCUT2D eigenvalue weighted by atomic mass is 16.6. The molecule has 23 heavy (non-hydrogen) atoms. The van der Waals surface area contributed by atoms with E-state index in [1.54, 1.807) is 6.92 Å². The fourth-order valence-corrected chi connectivity index (χ4v) is 1.91. The van der Waals surface area contributed by atoms with Crippen molar-refractivity contribution < 1.29 is 19.4 Å². The lowest BCUT2D eigenvalue weighted by molar-refractivity contribution is -0.394. The first-order valence-corrected chi connectivity index (χ1v) is 7.17. The number of hydrogen-bond acceptors (Lipinski definition) is 6. The second kappa shape index (κ2) is 8.62. The lowest BCUT2D eigenvalue weighted by Crippen LogP contribution is -2.07. The van der Waals surface area contributed by atoms with Crippen LogP contribution < -0.4 is 4.74 Å². The van der Waals surface area contributed by atoms with E-state index in [-0.39, 0.29) is 5.75 Å². The number of nitro groups is 2. The Bertz CT molecular complexity index is 639. The van der Waals surface area contributed by atoms with Gasteiger partial charge in [-0.05, 0) is 25.8 Å². The lowest BCUT2D eigenvalue weighted by atomic mass is 10.1. The summed E-state index contributed by atoms with van der Waals surface area (Å²) in [5, 5.41) is 21.6. The van der Waals surface area contributed by atoms with Crippen LogP contribution in [0, 0.1) is 20.2 Å². The van der Waals surface area contributed by atoms with Gasteiger partial charge in [0, 0.05) is 12.1 Å². The largest absolute Gasteiger partial charge is 0.416 e. The van der Waals surface area contributed by atoms with Crippen molar-refractivity contribution in [2.45, 2.75) is 39.5 Å². The van der Waals surface area contributed by atoms with Gasteiger partial charge in [-0.25, -0.2) is 4.79 Å². The summed E-state index contributed by atoms with van der Waals surface area (Å²) < 4.78 is 4.94. The minimum Gasteiger partial charge on any atom is -0.416 e. The molecule has 0 N–H and O–H groups in total. The van der Waals surface area contributed by atoms with Gasteiger partial charge in [-0.3, -0.25) is 20.2 Å². The Kier molecular flexibility index (Phi) is 6.85. The van der Waals surface area contributed by atoms with Crippen molar-refractivity contribution in [1.82, 2.24) is 0 Å². The quantitative estimate of drug-likeness (QED) is 0.179. The van der Waals surface area contributed by atoms with E-state index in [2.05, 4.69) is 6.92 Å². The van der Waals surface area contributed by atoms with E-state index in [0.717, 1.165) is 49.5 Å². The van der Waals surface area contributed by atoms with Gasteiger partial charge >= 0.3 is 11.7 Å². The number of esters is 1. The monoisotopic (exact) mass is 322 g/mol. The van der Waals surface area contributed by atoms with Gasteiger partial charge < -0.3 is 4.74 Å². The highest BCUT2D eigenvalue weighted by Gasteiger charge is 2.22. The van der Waals surface area contributed by atoms with Crippen LogP contribution >= 0.6 is 0 Å². The van der Waals surface area contributed by atoms with Crippen LogP contribution in [-0.4, -0.2) is 15.8 Å². The first kappa shape index (κ1) is 18.3. The van der Waals surface area contributed by atoms with Crippen molar-refractivity contribution in [2.24, 2.45) is 0 Å². The predicted octanol–water partition coefficient (Wildman–Crippen LogP) is 3.94. The zero-order valence-electron chi connectivity index (χ0n) is 13.0. The van der Waals surface area contributed by atoms with E-state index in [9.17, 15) is 25.0 Å². The SMILES string of the molecule is CCCCC/C(C)=C/C(=O)Oc1ccc([N+](=O)[O-])cc1[N+](=O)[O-]. The van der Waals surface area contributed by atoms with Crippen LogP contribution in [-0.2, 0) is 4.79 Å². The zero-order chi connectivity index (χ0) is 17.4. The molecule has 1 rings (SSSR count). The van der Waals surface area contributed by atoms with E-state index >= 15 is 0 Å². The molecule has 8 heteroatoms. The molecule has 0 spiro atoms. The molecule has 1 aromatic rings. The molecule has 0 bridgehead atoms. The Morgan fingerprint density at radius 3 is 2.48 bits per heavy atom. The van der Waals surface area contributed by atoms with Crippen molar-refractivity contribution in [1.29, 1.82) is 0 Å². The second-order valence-corrected chi connectivity index (χ2v) is 5.04. The van der Waals surface area contributed by atoms with Gasteiger partial charge in [0.15, 0.2) is 0 Å². The van der Waals surface area contributed by atoms with Crippen molar-refractivity contribution in [2.75, 3.05) is 0 Å². The number of nitrogens with zero attached hydrogens (tertiary/aromatic N) is 2. The molecule has 0 radical (unpaired) electrons. The number of unbranched alkanes of at least 4 members (excludes halogenated alkanes) is 2. The first-order chi connectivity index (χ1) is 10.8. The summed E-state index contributed by atoms with van der Waals surface area (Å²) in [7, 11) is 0. The number of hydrogen-bond donors (Lipinski definition) is 0. The smallest absolute Gasteiger partial charge is 0.336 e. The fourth-order valence-electron chi connectivity index (χ4n) is 1.91. The topological polar surface area (TPSA) is 113 Å².